The number of amides is 1. The highest BCUT2D eigenvalue weighted by atomic mass is 19.1. The van der Waals surface area contributed by atoms with Crippen molar-refractivity contribution in [3.05, 3.63) is 71.8 Å². The Morgan fingerprint density at radius 3 is 2.75 bits per heavy atom. The van der Waals surface area contributed by atoms with E-state index >= 15 is 0 Å². The van der Waals surface area contributed by atoms with Crippen molar-refractivity contribution in [1.82, 2.24) is 10.3 Å². The van der Waals surface area contributed by atoms with Crippen LogP contribution in [0.25, 0.3) is 6.08 Å². The first-order valence-electron chi connectivity index (χ1n) is 6.36. The van der Waals surface area contributed by atoms with E-state index in [2.05, 4.69) is 10.3 Å². The molecule has 1 heterocycles. The van der Waals surface area contributed by atoms with Crippen LogP contribution in [0.5, 0.6) is 0 Å². The van der Waals surface area contributed by atoms with Gasteiger partial charge in [-0.2, -0.15) is 0 Å². The van der Waals surface area contributed by atoms with E-state index in [4.69, 9.17) is 0 Å². The van der Waals surface area contributed by atoms with E-state index < -0.39 is 0 Å². The van der Waals surface area contributed by atoms with Crippen molar-refractivity contribution in [2.45, 2.75) is 6.42 Å². The lowest BCUT2D eigenvalue weighted by molar-refractivity contribution is -0.116. The van der Waals surface area contributed by atoms with Crippen LogP contribution in [-0.2, 0) is 11.2 Å². The van der Waals surface area contributed by atoms with Gasteiger partial charge in [0.05, 0.1) is 0 Å². The summed E-state index contributed by atoms with van der Waals surface area (Å²) < 4.78 is 13.3. The maximum atomic E-state index is 13.3. The van der Waals surface area contributed by atoms with E-state index in [1.54, 1.807) is 24.4 Å². The lowest BCUT2D eigenvalue weighted by atomic mass is 10.2. The molecule has 0 saturated carbocycles. The SMILES string of the molecule is O=C(/C=C/c1ccccc1F)NCCc1ccccn1. The molecule has 0 radical (unpaired) electrons. The lowest BCUT2D eigenvalue weighted by Crippen LogP contribution is -2.23. The predicted molar refractivity (Wildman–Crippen MR) is 76.4 cm³/mol. The zero-order valence-electron chi connectivity index (χ0n) is 10.9. The summed E-state index contributed by atoms with van der Waals surface area (Å²) in [6.07, 6.45) is 5.18. The zero-order valence-corrected chi connectivity index (χ0v) is 10.9. The molecule has 102 valence electrons. The fourth-order valence-electron chi connectivity index (χ4n) is 1.69. The number of hydrogen-bond donors (Lipinski definition) is 1. The molecule has 0 aliphatic heterocycles. The Kier molecular flexibility index (Phi) is 5.00. The van der Waals surface area contributed by atoms with E-state index in [9.17, 15) is 9.18 Å². The van der Waals surface area contributed by atoms with Crippen molar-refractivity contribution in [2.75, 3.05) is 6.54 Å². The molecule has 1 N–H and O–H groups in total. The van der Waals surface area contributed by atoms with Crippen LogP contribution >= 0.6 is 0 Å². The smallest absolute Gasteiger partial charge is 0.244 e. The number of carbonyl (C=O) groups excluding carboxylic acids is 1. The van der Waals surface area contributed by atoms with Crippen LogP contribution < -0.4 is 5.32 Å². The summed E-state index contributed by atoms with van der Waals surface area (Å²) in [4.78, 5) is 15.7. The first kappa shape index (κ1) is 13.9. The third-order valence-electron chi connectivity index (χ3n) is 2.73. The zero-order chi connectivity index (χ0) is 14.2. The molecule has 0 fully saturated rings. The maximum absolute atomic E-state index is 13.3. The minimum atomic E-state index is -0.343. The molecular weight excluding hydrogens is 255 g/mol. The molecule has 1 aromatic heterocycles. The summed E-state index contributed by atoms with van der Waals surface area (Å²) in [6, 6.07) is 12.0. The number of nitrogens with one attached hydrogen (secondary N) is 1. The normalized spacial score (nSPS) is 10.7. The third-order valence-corrected chi connectivity index (χ3v) is 2.73. The number of nitrogens with zero attached hydrogens (tertiary/aromatic N) is 1. The molecule has 1 amide bonds. The highest BCUT2D eigenvalue weighted by Gasteiger charge is 1.99. The van der Waals surface area contributed by atoms with Gasteiger partial charge in [0.2, 0.25) is 5.91 Å². The van der Waals surface area contributed by atoms with Crippen molar-refractivity contribution >= 4 is 12.0 Å². The number of rotatable bonds is 5. The van der Waals surface area contributed by atoms with Gasteiger partial charge in [-0.05, 0) is 24.3 Å². The van der Waals surface area contributed by atoms with Gasteiger partial charge in [-0.3, -0.25) is 9.78 Å². The minimum absolute atomic E-state index is 0.246. The second-order valence-electron chi connectivity index (χ2n) is 4.22. The first-order valence-corrected chi connectivity index (χ1v) is 6.36. The van der Waals surface area contributed by atoms with Gasteiger partial charge in [0.25, 0.3) is 0 Å². The van der Waals surface area contributed by atoms with Crippen molar-refractivity contribution in [1.29, 1.82) is 0 Å². The third kappa shape index (κ3) is 4.31. The van der Waals surface area contributed by atoms with Gasteiger partial charge in [-0.1, -0.05) is 24.3 Å². The minimum Gasteiger partial charge on any atom is -0.352 e. The first-order chi connectivity index (χ1) is 9.75. The lowest BCUT2D eigenvalue weighted by Gasteiger charge is -2.01. The summed E-state index contributed by atoms with van der Waals surface area (Å²) in [7, 11) is 0. The molecule has 0 spiro atoms. The van der Waals surface area contributed by atoms with Crippen LogP contribution in [0, 0.1) is 5.82 Å². The van der Waals surface area contributed by atoms with E-state index in [1.807, 2.05) is 18.2 Å². The molecule has 0 aliphatic carbocycles. The Hall–Kier alpha value is -2.49. The van der Waals surface area contributed by atoms with Crippen LogP contribution in [0.15, 0.2) is 54.7 Å². The number of benzene rings is 1. The molecular formula is C16H15FN2O. The van der Waals surface area contributed by atoms with Crippen LogP contribution in [0.3, 0.4) is 0 Å². The van der Waals surface area contributed by atoms with Gasteiger partial charge in [-0.15, -0.1) is 0 Å². The highest BCUT2D eigenvalue weighted by molar-refractivity contribution is 5.91. The largest absolute Gasteiger partial charge is 0.352 e. The van der Waals surface area contributed by atoms with Crippen molar-refractivity contribution in [2.24, 2.45) is 0 Å². The standard InChI is InChI=1S/C16H15FN2O/c17-15-7-2-1-5-13(15)8-9-16(20)19-12-10-14-6-3-4-11-18-14/h1-9,11H,10,12H2,(H,19,20)/b9-8+. The molecule has 2 aromatic rings. The topological polar surface area (TPSA) is 42.0 Å². The Bertz CT molecular complexity index is 596. The molecule has 0 saturated heterocycles. The summed E-state index contributed by atoms with van der Waals surface area (Å²) >= 11 is 0. The monoisotopic (exact) mass is 270 g/mol. The van der Waals surface area contributed by atoms with Crippen LogP contribution in [0.2, 0.25) is 0 Å². The van der Waals surface area contributed by atoms with Gasteiger partial charge in [0.15, 0.2) is 0 Å². The average Bonchev–Trinajstić information content (AvgIpc) is 2.47. The van der Waals surface area contributed by atoms with Crippen molar-refractivity contribution in [3.63, 3.8) is 0 Å². The fourth-order valence-corrected chi connectivity index (χ4v) is 1.69. The molecule has 0 atom stereocenters. The van der Waals surface area contributed by atoms with Crippen molar-refractivity contribution in [3.8, 4) is 0 Å². The molecule has 0 unspecified atom stereocenters. The maximum Gasteiger partial charge on any atom is 0.244 e. The van der Waals surface area contributed by atoms with Gasteiger partial charge in [-0.25, -0.2) is 4.39 Å². The number of hydrogen-bond acceptors (Lipinski definition) is 2. The van der Waals surface area contributed by atoms with Crippen molar-refractivity contribution < 1.29 is 9.18 Å². The Balaban J connectivity index is 1.80. The molecule has 0 aliphatic rings. The van der Waals surface area contributed by atoms with Gasteiger partial charge >= 0.3 is 0 Å². The summed E-state index contributed by atoms with van der Waals surface area (Å²) in [5, 5.41) is 2.73. The molecule has 3 nitrogen and oxygen atoms in total. The predicted octanol–water partition coefficient (Wildman–Crippen LogP) is 2.59. The molecule has 4 heteroatoms. The van der Waals surface area contributed by atoms with E-state index in [1.165, 1.54) is 18.2 Å². The molecule has 2 rings (SSSR count). The second kappa shape index (κ2) is 7.19. The van der Waals surface area contributed by atoms with E-state index in [0.29, 0.717) is 18.5 Å². The van der Waals surface area contributed by atoms with E-state index in [-0.39, 0.29) is 11.7 Å². The van der Waals surface area contributed by atoms with Crippen LogP contribution in [-0.4, -0.2) is 17.4 Å². The average molecular weight is 270 g/mol. The van der Waals surface area contributed by atoms with Crippen LogP contribution in [0.1, 0.15) is 11.3 Å². The second-order valence-corrected chi connectivity index (χ2v) is 4.22. The van der Waals surface area contributed by atoms with Gasteiger partial charge in [0, 0.05) is 36.5 Å². The van der Waals surface area contributed by atoms with Gasteiger partial charge in [0.1, 0.15) is 5.82 Å². The summed E-state index contributed by atoms with van der Waals surface area (Å²) in [6.45, 7) is 0.497. The van der Waals surface area contributed by atoms with E-state index in [0.717, 1.165) is 5.69 Å². The number of halogens is 1. The molecule has 1 aromatic carbocycles. The fraction of sp³-hybridized carbons (Fsp3) is 0.125. The quantitative estimate of drug-likeness (QED) is 0.848. The Morgan fingerprint density at radius 1 is 1.20 bits per heavy atom. The van der Waals surface area contributed by atoms with Crippen LogP contribution in [0.4, 0.5) is 4.39 Å². The number of carbonyl (C=O) groups is 1. The van der Waals surface area contributed by atoms with Gasteiger partial charge < -0.3 is 5.32 Å². The Labute approximate surface area is 117 Å². The number of pyridine rings is 1. The Morgan fingerprint density at radius 2 is 2.00 bits per heavy atom. The summed E-state index contributed by atoms with van der Waals surface area (Å²) in [5.41, 5.74) is 1.32. The number of aromatic nitrogens is 1. The molecule has 20 heavy (non-hydrogen) atoms. The molecule has 0 bridgehead atoms. The highest BCUT2D eigenvalue weighted by Crippen LogP contribution is 2.07. The summed E-state index contributed by atoms with van der Waals surface area (Å²) in [5.74, 6) is -0.589.